The molecule has 0 atom stereocenters. The van der Waals surface area contributed by atoms with Crippen LogP contribution < -0.4 is 9.47 Å². The average molecular weight is 446 g/mol. The Morgan fingerprint density at radius 2 is 2.00 bits per heavy atom. The van der Waals surface area contributed by atoms with E-state index in [0.717, 1.165) is 18.4 Å². The van der Waals surface area contributed by atoms with Crippen LogP contribution in [0.4, 0.5) is 0 Å². The molecule has 7 heteroatoms. The molecule has 1 aromatic carbocycles. The molecule has 3 rings (SSSR count). The van der Waals surface area contributed by atoms with Crippen molar-refractivity contribution in [1.29, 1.82) is 0 Å². The fraction of sp³-hybridized carbons (Fsp3) is 0.458. The van der Waals surface area contributed by atoms with Crippen LogP contribution >= 0.6 is 11.6 Å². The molecular weight excluding hydrogens is 418 g/mol. The molecule has 2 aromatic rings. The molecule has 1 aliphatic rings. The van der Waals surface area contributed by atoms with Crippen molar-refractivity contribution < 1.29 is 24.2 Å². The second-order valence-corrected chi connectivity index (χ2v) is 8.76. The number of aromatic nitrogens is 1. The lowest BCUT2D eigenvalue weighted by molar-refractivity contribution is -0.151. The maximum absolute atomic E-state index is 13.0. The number of halogens is 1. The molecule has 6 nitrogen and oxygen atoms in total. The number of ether oxygens (including phenoxy) is 2. The summed E-state index contributed by atoms with van der Waals surface area (Å²) in [6, 6.07) is 9.11. The molecule has 0 amide bonds. The van der Waals surface area contributed by atoms with E-state index in [1.54, 1.807) is 6.07 Å². The van der Waals surface area contributed by atoms with Crippen LogP contribution in [-0.4, -0.2) is 35.6 Å². The minimum Gasteiger partial charge on any atom is -0.488 e. The molecule has 0 spiro atoms. The van der Waals surface area contributed by atoms with Crippen molar-refractivity contribution in [3.05, 3.63) is 52.7 Å². The molecule has 31 heavy (non-hydrogen) atoms. The van der Waals surface area contributed by atoms with Crippen LogP contribution in [0.3, 0.4) is 0 Å². The van der Waals surface area contributed by atoms with Gasteiger partial charge in [-0.25, -0.2) is 4.98 Å². The van der Waals surface area contributed by atoms with Crippen LogP contribution in [-0.2, 0) is 11.2 Å². The lowest BCUT2D eigenvalue weighted by atomic mass is 9.68. The number of pyridine rings is 1. The van der Waals surface area contributed by atoms with Gasteiger partial charge in [0, 0.05) is 29.6 Å². The summed E-state index contributed by atoms with van der Waals surface area (Å²) in [7, 11) is 1.48. The van der Waals surface area contributed by atoms with Crippen molar-refractivity contribution in [3.8, 4) is 11.6 Å². The number of aliphatic carboxylic acids is 1. The van der Waals surface area contributed by atoms with Crippen LogP contribution in [0.1, 0.15) is 54.9 Å². The third kappa shape index (κ3) is 5.76. The van der Waals surface area contributed by atoms with Gasteiger partial charge in [-0.3, -0.25) is 9.59 Å². The second kappa shape index (κ2) is 10.1. The van der Waals surface area contributed by atoms with Crippen molar-refractivity contribution in [3.63, 3.8) is 0 Å². The highest BCUT2D eigenvalue weighted by Gasteiger charge is 2.43. The van der Waals surface area contributed by atoms with Crippen LogP contribution in [0.5, 0.6) is 11.6 Å². The number of carbonyl (C=O) groups is 2. The maximum atomic E-state index is 13.0. The number of nitrogens with zero attached hydrogens (tertiary/aromatic N) is 1. The van der Waals surface area contributed by atoms with Gasteiger partial charge in [-0.2, -0.15) is 0 Å². The third-order valence-corrected chi connectivity index (χ3v) is 6.29. The Morgan fingerprint density at radius 3 is 2.65 bits per heavy atom. The fourth-order valence-corrected chi connectivity index (χ4v) is 4.22. The molecule has 1 saturated carbocycles. The Labute approximate surface area is 187 Å². The maximum Gasteiger partial charge on any atom is 0.310 e. The quantitative estimate of drug-likeness (QED) is 0.532. The van der Waals surface area contributed by atoms with Gasteiger partial charge >= 0.3 is 5.97 Å². The minimum absolute atomic E-state index is 0.0367. The molecule has 0 radical (unpaired) electrons. The van der Waals surface area contributed by atoms with Gasteiger partial charge in [0.25, 0.3) is 5.88 Å². The Balaban J connectivity index is 1.71. The topological polar surface area (TPSA) is 85.7 Å². The summed E-state index contributed by atoms with van der Waals surface area (Å²) < 4.78 is 11.1. The van der Waals surface area contributed by atoms with E-state index in [2.05, 4.69) is 11.9 Å². The first kappa shape index (κ1) is 23.1. The largest absolute Gasteiger partial charge is 0.488 e. The van der Waals surface area contributed by atoms with Crippen LogP contribution in [0.25, 0.3) is 0 Å². The highest BCUT2D eigenvalue weighted by atomic mass is 35.5. The molecule has 0 unspecified atom stereocenters. The predicted molar refractivity (Wildman–Crippen MR) is 118 cm³/mol. The first-order valence-electron chi connectivity index (χ1n) is 10.5. The van der Waals surface area contributed by atoms with E-state index in [4.69, 9.17) is 21.1 Å². The summed E-state index contributed by atoms with van der Waals surface area (Å²) in [6.07, 6.45) is 4.68. The first-order chi connectivity index (χ1) is 14.8. The SMILES string of the molecule is COc1ncc(C(=O)CC2(C(=O)O)CCC(C)CC2)cc1OCCc1cccc(Cl)c1. The number of hydrogen-bond acceptors (Lipinski definition) is 5. The summed E-state index contributed by atoms with van der Waals surface area (Å²) in [5.41, 5.74) is 0.358. The Bertz CT molecular complexity index is 937. The monoisotopic (exact) mass is 445 g/mol. The molecule has 166 valence electrons. The van der Waals surface area contributed by atoms with Gasteiger partial charge in [0.1, 0.15) is 0 Å². The molecule has 0 aliphatic heterocycles. The third-order valence-electron chi connectivity index (χ3n) is 6.05. The number of benzene rings is 1. The van der Waals surface area contributed by atoms with E-state index in [1.165, 1.54) is 13.3 Å². The molecule has 1 aromatic heterocycles. The van der Waals surface area contributed by atoms with Gasteiger partial charge in [-0.05, 0) is 55.4 Å². The Kier molecular flexibility index (Phi) is 7.55. The summed E-state index contributed by atoms with van der Waals surface area (Å²) in [4.78, 5) is 29.2. The zero-order valence-electron chi connectivity index (χ0n) is 17.9. The fourth-order valence-electron chi connectivity index (χ4n) is 4.00. The standard InChI is InChI=1S/C24H28ClNO5/c1-16-6-9-24(10-7-16,23(28)29)14-20(27)18-13-21(22(30-2)26-15-18)31-11-8-17-4-3-5-19(25)12-17/h3-5,12-13,15-16H,6-11,14H2,1-2H3,(H,28,29). The van der Waals surface area contributed by atoms with Crippen molar-refractivity contribution in [2.24, 2.45) is 11.3 Å². The van der Waals surface area contributed by atoms with E-state index >= 15 is 0 Å². The number of methoxy groups -OCH3 is 1. The van der Waals surface area contributed by atoms with Crippen molar-refractivity contribution in [2.75, 3.05) is 13.7 Å². The van der Waals surface area contributed by atoms with E-state index in [9.17, 15) is 14.7 Å². The Morgan fingerprint density at radius 1 is 1.26 bits per heavy atom. The van der Waals surface area contributed by atoms with Crippen LogP contribution in [0, 0.1) is 11.3 Å². The van der Waals surface area contributed by atoms with Gasteiger partial charge in [0.05, 0.1) is 19.1 Å². The van der Waals surface area contributed by atoms with E-state index in [-0.39, 0.29) is 18.1 Å². The zero-order valence-corrected chi connectivity index (χ0v) is 18.7. The van der Waals surface area contributed by atoms with E-state index in [1.807, 2.05) is 24.3 Å². The summed E-state index contributed by atoms with van der Waals surface area (Å²) in [5, 5.41) is 10.5. The number of carboxylic acids is 1. The van der Waals surface area contributed by atoms with Crippen LogP contribution in [0.2, 0.25) is 5.02 Å². The summed E-state index contributed by atoms with van der Waals surface area (Å²) >= 11 is 6.02. The van der Waals surface area contributed by atoms with Crippen molar-refractivity contribution in [2.45, 2.75) is 45.4 Å². The smallest absolute Gasteiger partial charge is 0.310 e. The van der Waals surface area contributed by atoms with Crippen molar-refractivity contribution >= 4 is 23.4 Å². The lowest BCUT2D eigenvalue weighted by Crippen LogP contribution is -2.37. The summed E-state index contributed by atoms with van der Waals surface area (Å²) in [5.74, 6) is -0.0113. The normalized spacial score (nSPS) is 20.8. The van der Waals surface area contributed by atoms with Gasteiger partial charge in [-0.15, -0.1) is 0 Å². The number of carbonyl (C=O) groups excluding carboxylic acids is 1. The molecule has 1 fully saturated rings. The molecule has 0 bridgehead atoms. The van der Waals surface area contributed by atoms with Crippen LogP contribution in [0.15, 0.2) is 36.5 Å². The predicted octanol–water partition coefficient (Wildman–Crippen LogP) is 5.22. The number of rotatable bonds is 9. The number of ketones is 1. The molecule has 1 aliphatic carbocycles. The average Bonchev–Trinajstić information content (AvgIpc) is 2.75. The zero-order chi connectivity index (χ0) is 22.4. The highest BCUT2D eigenvalue weighted by molar-refractivity contribution is 6.30. The van der Waals surface area contributed by atoms with Gasteiger partial charge in [0.15, 0.2) is 11.5 Å². The summed E-state index contributed by atoms with van der Waals surface area (Å²) in [6.45, 7) is 2.47. The first-order valence-corrected chi connectivity index (χ1v) is 10.9. The van der Waals surface area contributed by atoms with Gasteiger partial charge in [-0.1, -0.05) is 30.7 Å². The molecule has 1 heterocycles. The minimum atomic E-state index is -1.00. The van der Waals surface area contributed by atoms with E-state index < -0.39 is 11.4 Å². The number of carboxylic acid groups (broad SMARTS) is 1. The number of Topliss-reactive ketones (excluding diaryl/α,β-unsaturated/α-hetero) is 1. The molecule has 0 saturated heterocycles. The highest BCUT2D eigenvalue weighted by Crippen LogP contribution is 2.42. The number of hydrogen-bond donors (Lipinski definition) is 1. The van der Waals surface area contributed by atoms with Crippen molar-refractivity contribution in [1.82, 2.24) is 4.98 Å². The van der Waals surface area contributed by atoms with Gasteiger partial charge in [0.2, 0.25) is 0 Å². The molecule has 1 N–H and O–H groups in total. The van der Waals surface area contributed by atoms with Gasteiger partial charge < -0.3 is 14.6 Å². The molecular formula is C24H28ClNO5. The van der Waals surface area contributed by atoms with E-state index in [0.29, 0.717) is 48.1 Å². The Hall–Kier alpha value is -2.60. The second-order valence-electron chi connectivity index (χ2n) is 8.33. The lowest BCUT2D eigenvalue weighted by Gasteiger charge is -2.35.